The van der Waals surface area contributed by atoms with E-state index < -0.39 is 0 Å². The Hall–Kier alpha value is -1.55. The van der Waals surface area contributed by atoms with Crippen LogP contribution in [0.15, 0.2) is 15.1 Å². The molecule has 0 aliphatic carbocycles. The van der Waals surface area contributed by atoms with Crippen molar-refractivity contribution in [1.29, 1.82) is 0 Å². The molecule has 0 saturated heterocycles. The van der Waals surface area contributed by atoms with E-state index in [1.165, 1.54) is 0 Å². The van der Waals surface area contributed by atoms with Crippen LogP contribution in [0.1, 0.15) is 0 Å². The number of aliphatic imine (C=N–C) groups is 2. The Labute approximate surface area is 63.9 Å². The minimum atomic E-state index is 0.386. The van der Waals surface area contributed by atoms with Crippen molar-refractivity contribution in [3.8, 4) is 0 Å². The van der Waals surface area contributed by atoms with Gasteiger partial charge in [-0.15, -0.1) is 0 Å². The first-order chi connectivity index (χ1) is 5.24. The second kappa shape index (κ2) is 3.03. The molecule has 1 aliphatic heterocycles. The third-order valence-corrected chi connectivity index (χ3v) is 1.15. The normalized spacial score (nSPS) is 15.1. The van der Waals surface area contributed by atoms with Gasteiger partial charge in [0.2, 0.25) is 5.96 Å². The van der Waals surface area contributed by atoms with Crippen LogP contribution in [0.4, 0.5) is 0 Å². The highest BCUT2D eigenvalue weighted by atomic mass is 15.3. The quantitative estimate of drug-likeness (QED) is 0.285. The molecule has 0 atom stereocenters. The van der Waals surface area contributed by atoms with Crippen molar-refractivity contribution in [2.75, 3.05) is 20.6 Å². The van der Waals surface area contributed by atoms with Gasteiger partial charge in [-0.2, -0.15) is 0 Å². The fraction of sp³-hybridized carbons (Fsp3) is 0.600. The predicted octanol–water partition coefficient (Wildman–Crippen LogP) is 0.626. The highest BCUT2D eigenvalue weighted by Gasteiger charge is 2.08. The van der Waals surface area contributed by atoms with Crippen LogP contribution < -0.4 is 0 Å². The predicted molar refractivity (Wildman–Crippen MR) is 42.6 cm³/mol. The first-order valence-corrected chi connectivity index (χ1v) is 3.08. The Bertz CT molecular complexity index is 256. The molecule has 11 heavy (non-hydrogen) atoms. The Kier molecular flexibility index (Phi) is 2.08. The highest BCUT2D eigenvalue weighted by molar-refractivity contribution is 6.02. The van der Waals surface area contributed by atoms with Crippen molar-refractivity contribution in [3.05, 3.63) is 10.4 Å². The van der Waals surface area contributed by atoms with Crippen molar-refractivity contribution in [1.82, 2.24) is 4.90 Å². The summed E-state index contributed by atoms with van der Waals surface area (Å²) in [6, 6.07) is 0. The maximum absolute atomic E-state index is 8.06. The van der Waals surface area contributed by atoms with Gasteiger partial charge in [0.1, 0.15) is 5.84 Å². The van der Waals surface area contributed by atoms with Crippen LogP contribution in [0.3, 0.4) is 0 Å². The van der Waals surface area contributed by atoms with E-state index in [0.717, 1.165) is 0 Å². The summed E-state index contributed by atoms with van der Waals surface area (Å²) in [7, 11) is 3.67. The smallest absolute Gasteiger partial charge is 0.220 e. The van der Waals surface area contributed by atoms with Gasteiger partial charge in [-0.1, -0.05) is 0 Å². The summed E-state index contributed by atoms with van der Waals surface area (Å²) >= 11 is 0. The average Bonchev–Trinajstić information content (AvgIpc) is 2.37. The lowest BCUT2D eigenvalue weighted by Crippen LogP contribution is -2.18. The lowest BCUT2D eigenvalue weighted by atomic mass is 10.6. The molecule has 1 aliphatic rings. The largest absolute Gasteiger partial charge is 0.347 e. The van der Waals surface area contributed by atoms with Crippen LogP contribution >= 0.6 is 0 Å². The second-order valence-corrected chi connectivity index (χ2v) is 2.23. The van der Waals surface area contributed by atoms with E-state index in [1.54, 1.807) is 4.90 Å². The Balaban J connectivity index is 2.70. The first kappa shape index (κ1) is 7.56. The SMILES string of the molecule is CN(C)C1=NCC(N=[N+]=[N-])=N1. The maximum atomic E-state index is 8.06. The minimum absolute atomic E-state index is 0.386. The van der Waals surface area contributed by atoms with E-state index in [1.807, 2.05) is 14.1 Å². The Morgan fingerprint density at radius 1 is 1.64 bits per heavy atom. The summed E-state index contributed by atoms with van der Waals surface area (Å²) in [6.07, 6.45) is 0. The van der Waals surface area contributed by atoms with Gasteiger partial charge in [0.05, 0.1) is 6.54 Å². The standard InChI is InChI=1S/C5H8N6/c1-11(2)5-7-3-4(8-5)9-10-6/h3H2,1-2H3. The second-order valence-electron chi connectivity index (χ2n) is 2.23. The molecule has 0 aromatic carbocycles. The number of hydrogen-bond donors (Lipinski definition) is 0. The van der Waals surface area contributed by atoms with Crippen molar-refractivity contribution in [2.45, 2.75) is 0 Å². The van der Waals surface area contributed by atoms with Crippen LogP contribution in [-0.4, -0.2) is 37.3 Å². The zero-order valence-electron chi connectivity index (χ0n) is 6.39. The monoisotopic (exact) mass is 152 g/mol. The van der Waals surface area contributed by atoms with Crippen LogP contribution in [0, 0.1) is 0 Å². The van der Waals surface area contributed by atoms with Gasteiger partial charge in [-0.05, 0) is 10.6 Å². The van der Waals surface area contributed by atoms with E-state index in [0.29, 0.717) is 18.3 Å². The van der Waals surface area contributed by atoms with E-state index in [2.05, 4.69) is 20.0 Å². The topological polar surface area (TPSA) is 76.7 Å². The van der Waals surface area contributed by atoms with Crippen LogP contribution in [-0.2, 0) is 0 Å². The Morgan fingerprint density at radius 3 is 2.82 bits per heavy atom. The molecular weight excluding hydrogens is 144 g/mol. The summed E-state index contributed by atoms with van der Waals surface area (Å²) in [6.45, 7) is 0.386. The van der Waals surface area contributed by atoms with Crippen LogP contribution in [0.2, 0.25) is 0 Å². The van der Waals surface area contributed by atoms with Crippen LogP contribution in [0.25, 0.3) is 10.4 Å². The summed E-state index contributed by atoms with van der Waals surface area (Å²) < 4.78 is 0. The number of nitrogens with zero attached hydrogens (tertiary/aromatic N) is 6. The minimum Gasteiger partial charge on any atom is -0.347 e. The van der Waals surface area contributed by atoms with Gasteiger partial charge in [-0.3, -0.25) is 0 Å². The molecule has 0 fully saturated rings. The van der Waals surface area contributed by atoms with Gasteiger partial charge in [0, 0.05) is 19.0 Å². The molecule has 6 heteroatoms. The molecule has 1 heterocycles. The van der Waals surface area contributed by atoms with E-state index in [-0.39, 0.29) is 0 Å². The number of guanidine groups is 1. The third kappa shape index (κ3) is 1.68. The number of amidine groups is 1. The maximum Gasteiger partial charge on any atom is 0.220 e. The molecule has 0 bridgehead atoms. The van der Waals surface area contributed by atoms with Gasteiger partial charge in [0.25, 0.3) is 0 Å². The molecule has 0 spiro atoms. The van der Waals surface area contributed by atoms with Crippen molar-refractivity contribution < 1.29 is 0 Å². The molecule has 6 nitrogen and oxygen atoms in total. The number of hydrogen-bond acceptors (Lipinski definition) is 4. The van der Waals surface area contributed by atoms with E-state index >= 15 is 0 Å². The molecule has 0 aromatic rings. The molecular formula is C5H8N6. The summed E-state index contributed by atoms with van der Waals surface area (Å²) in [5.41, 5.74) is 8.06. The molecule has 0 N–H and O–H groups in total. The van der Waals surface area contributed by atoms with Gasteiger partial charge < -0.3 is 4.90 Å². The van der Waals surface area contributed by atoms with Crippen LogP contribution in [0.5, 0.6) is 0 Å². The molecule has 0 aromatic heterocycles. The third-order valence-electron chi connectivity index (χ3n) is 1.15. The zero-order valence-corrected chi connectivity index (χ0v) is 6.39. The van der Waals surface area contributed by atoms with Gasteiger partial charge in [-0.25, -0.2) is 9.98 Å². The molecule has 1 rings (SSSR count). The lowest BCUT2D eigenvalue weighted by molar-refractivity contribution is 0.615. The zero-order chi connectivity index (χ0) is 8.27. The fourth-order valence-electron chi connectivity index (χ4n) is 0.675. The molecule has 0 amide bonds. The van der Waals surface area contributed by atoms with E-state index in [9.17, 15) is 0 Å². The average molecular weight is 152 g/mol. The van der Waals surface area contributed by atoms with Gasteiger partial charge in [0.15, 0.2) is 0 Å². The molecule has 0 saturated carbocycles. The summed E-state index contributed by atoms with van der Waals surface area (Å²) in [5, 5.41) is 3.35. The number of rotatable bonds is 0. The van der Waals surface area contributed by atoms with Crippen molar-refractivity contribution >= 4 is 11.8 Å². The van der Waals surface area contributed by atoms with E-state index in [4.69, 9.17) is 5.53 Å². The summed E-state index contributed by atoms with van der Waals surface area (Å²) in [5.74, 6) is 1.03. The molecule has 58 valence electrons. The van der Waals surface area contributed by atoms with Crippen molar-refractivity contribution in [3.63, 3.8) is 0 Å². The Morgan fingerprint density at radius 2 is 2.36 bits per heavy atom. The van der Waals surface area contributed by atoms with Gasteiger partial charge >= 0.3 is 0 Å². The fourth-order valence-corrected chi connectivity index (χ4v) is 0.675. The summed E-state index contributed by atoms with van der Waals surface area (Å²) in [4.78, 5) is 12.3. The first-order valence-electron chi connectivity index (χ1n) is 3.08. The van der Waals surface area contributed by atoms with Crippen molar-refractivity contribution in [2.24, 2.45) is 15.1 Å². The lowest BCUT2D eigenvalue weighted by Gasteiger charge is -2.06. The number of azide groups is 1. The highest BCUT2D eigenvalue weighted by Crippen LogP contribution is 1.99. The molecule has 0 unspecified atom stereocenters. The molecule has 0 radical (unpaired) electrons.